The molecule has 3 unspecified atom stereocenters. The Labute approximate surface area is 74.9 Å². The van der Waals surface area contributed by atoms with E-state index >= 15 is 0 Å². The van der Waals surface area contributed by atoms with Crippen LogP contribution in [0.25, 0.3) is 0 Å². The second-order valence-electron chi connectivity index (χ2n) is 4.12. The first kappa shape index (κ1) is 9.50. The average Bonchev–Trinajstić information content (AvgIpc) is 2.00. The molecule has 0 N–H and O–H groups in total. The van der Waals surface area contributed by atoms with Gasteiger partial charge in [0.25, 0.3) is 0 Å². The second-order valence-corrected chi connectivity index (χ2v) is 4.12. The minimum atomic E-state index is 0.200. The van der Waals surface area contributed by atoms with E-state index in [1.54, 1.807) is 0 Å². The highest BCUT2D eigenvalue weighted by Crippen LogP contribution is 2.34. The molecule has 0 aromatic carbocycles. The fourth-order valence-corrected chi connectivity index (χ4v) is 2.14. The van der Waals surface area contributed by atoms with Crippen LogP contribution in [-0.2, 0) is 4.79 Å². The first-order valence-corrected chi connectivity index (χ1v) is 4.73. The van der Waals surface area contributed by atoms with Crippen LogP contribution in [-0.4, -0.2) is 5.78 Å². The fourth-order valence-electron chi connectivity index (χ4n) is 2.14. The number of rotatable bonds is 1. The monoisotopic (exact) mass is 166 g/mol. The highest BCUT2D eigenvalue weighted by molar-refractivity contribution is 5.84. The average molecular weight is 166 g/mol. The summed E-state index contributed by atoms with van der Waals surface area (Å²) < 4.78 is 0. The van der Waals surface area contributed by atoms with E-state index in [-0.39, 0.29) is 11.8 Å². The van der Waals surface area contributed by atoms with Gasteiger partial charge in [-0.15, -0.1) is 0 Å². The maximum atomic E-state index is 11.6. The lowest BCUT2D eigenvalue weighted by Gasteiger charge is -2.31. The minimum absolute atomic E-state index is 0.200. The summed E-state index contributed by atoms with van der Waals surface area (Å²) >= 11 is 0. The number of allylic oxidation sites excluding steroid dienone is 1. The third-order valence-corrected chi connectivity index (χ3v) is 3.08. The van der Waals surface area contributed by atoms with Crippen LogP contribution in [0.15, 0.2) is 12.2 Å². The van der Waals surface area contributed by atoms with Crippen molar-refractivity contribution < 1.29 is 4.79 Å². The van der Waals surface area contributed by atoms with Gasteiger partial charge >= 0.3 is 0 Å². The molecule has 1 saturated carbocycles. The molecule has 68 valence electrons. The van der Waals surface area contributed by atoms with Crippen molar-refractivity contribution >= 4 is 5.78 Å². The van der Waals surface area contributed by atoms with Crippen LogP contribution < -0.4 is 0 Å². The molecular weight excluding hydrogens is 148 g/mol. The molecule has 0 aromatic heterocycles. The van der Waals surface area contributed by atoms with Gasteiger partial charge in [0, 0.05) is 11.8 Å². The third kappa shape index (κ3) is 1.60. The van der Waals surface area contributed by atoms with Gasteiger partial charge in [-0.1, -0.05) is 26.0 Å². The van der Waals surface area contributed by atoms with Crippen molar-refractivity contribution in [1.29, 1.82) is 0 Å². The number of ketones is 1. The SMILES string of the molecule is C=C(C)C1CCC(C)C(=O)C1C. The predicted octanol–water partition coefficient (Wildman–Crippen LogP) is 2.81. The number of hydrogen-bond acceptors (Lipinski definition) is 1. The molecule has 0 spiro atoms. The van der Waals surface area contributed by atoms with Crippen molar-refractivity contribution in [2.24, 2.45) is 17.8 Å². The Bertz CT molecular complexity index is 205. The minimum Gasteiger partial charge on any atom is -0.299 e. The molecule has 0 aliphatic heterocycles. The Kier molecular flexibility index (Phi) is 2.71. The van der Waals surface area contributed by atoms with E-state index in [0.717, 1.165) is 12.8 Å². The first-order valence-electron chi connectivity index (χ1n) is 4.73. The van der Waals surface area contributed by atoms with Crippen molar-refractivity contribution in [2.45, 2.75) is 33.6 Å². The van der Waals surface area contributed by atoms with E-state index in [1.807, 2.05) is 20.8 Å². The highest BCUT2D eigenvalue weighted by Gasteiger charge is 2.32. The van der Waals surface area contributed by atoms with Crippen molar-refractivity contribution in [1.82, 2.24) is 0 Å². The summed E-state index contributed by atoms with van der Waals surface area (Å²) in [6, 6.07) is 0. The molecule has 0 aromatic rings. The zero-order chi connectivity index (χ0) is 9.30. The molecule has 0 radical (unpaired) electrons. The zero-order valence-corrected chi connectivity index (χ0v) is 8.26. The Hall–Kier alpha value is -0.590. The summed E-state index contributed by atoms with van der Waals surface area (Å²) in [5.41, 5.74) is 1.17. The Balaban J connectivity index is 2.71. The summed E-state index contributed by atoms with van der Waals surface area (Å²) in [4.78, 5) is 11.6. The normalized spacial score (nSPS) is 36.6. The van der Waals surface area contributed by atoms with E-state index < -0.39 is 0 Å². The van der Waals surface area contributed by atoms with Crippen molar-refractivity contribution in [3.8, 4) is 0 Å². The highest BCUT2D eigenvalue weighted by atomic mass is 16.1. The van der Waals surface area contributed by atoms with Crippen molar-refractivity contribution in [3.63, 3.8) is 0 Å². The van der Waals surface area contributed by atoms with E-state index in [4.69, 9.17) is 0 Å². The van der Waals surface area contributed by atoms with Gasteiger partial charge in [-0.05, 0) is 25.7 Å². The molecule has 3 atom stereocenters. The summed E-state index contributed by atoms with van der Waals surface area (Å²) in [5.74, 6) is 1.34. The molecule has 0 saturated heterocycles. The fraction of sp³-hybridized carbons (Fsp3) is 0.727. The standard InChI is InChI=1S/C11H18O/c1-7(2)10-6-5-8(3)11(12)9(10)4/h8-10H,1,5-6H2,2-4H3. The molecule has 0 amide bonds. The summed E-state index contributed by atoms with van der Waals surface area (Å²) in [6.07, 6.45) is 2.18. The van der Waals surface area contributed by atoms with Crippen LogP contribution >= 0.6 is 0 Å². The van der Waals surface area contributed by atoms with Gasteiger partial charge in [-0.25, -0.2) is 0 Å². The molecule has 0 bridgehead atoms. The van der Waals surface area contributed by atoms with Crippen LogP contribution in [0.1, 0.15) is 33.6 Å². The van der Waals surface area contributed by atoms with Gasteiger partial charge in [0.15, 0.2) is 0 Å². The summed E-state index contributed by atoms with van der Waals surface area (Å²) in [6.45, 7) is 10.0. The van der Waals surface area contributed by atoms with Crippen LogP contribution in [0.5, 0.6) is 0 Å². The van der Waals surface area contributed by atoms with E-state index in [0.29, 0.717) is 11.7 Å². The van der Waals surface area contributed by atoms with Crippen LogP contribution in [0.4, 0.5) is 0 Å². The Morgan fingerprint density at radius 1 is 1.42 bits per heavy atom. The van der Waals surface area contributed by atoms with Crippen LogP contribution in [0, 0.1) is 17.8 Å². The summed E-state index contributed by atoms with van der Waals surface area (Å²) in [5, 5.41) is 0. The maximum absolute atomic E-state index is 11.6. The Morgan fingerprint density at radius 2 is 2.00 bits per heavy atom. The maximum Gasteiger partial charge on any atom is 0.139 e. The van der Waals surface area contributed by atoms with Gasteiger partial charge in [-0.3, -0.25) is 4.79 Å². The lowest BCUT2D eigenvalue weighted by molar-refractivity contribution is -0.129. The second kappa shape index (κ2) is 3.42. The van der Waals surface area contributed by atoms with Gasteiger partial charge < -0.3 is 0 Å². The van der Waals surface area contributed by atoms with Gasteiger partial charge in [-0.2, -0.15) is 0 Å². The molecule has 0 heterocycles. The number of hydrogen-bond donors (Lipinski definition) is 0. The molecule has 1 aliphatic rings. The van der Waals surface area contributed by atoms with Gasteiger partial charge in [0.05, 0.1) is 0 Å². The molecule has 1 nitrogen and oxygen atoms in total. The van der Waals surface area contributed by atoms with E-state index in [2.05, 4.69) is 6.58 Å². The van der Waals surface area contributed by atoms with Crippen LogP contribution in [0.3, 0.4) is 0 Å². The number of Topliss-reactive ketones (excluding diaryl/α,β-unsaturated/α-hetero) is 1. The van der Waals surface area contributed by atoms with Gasteiger partial charge in [0.2, 0.25) is 0 Å². The first-order chi connectivity index (χ1) is 5.54. The lowest BCUT2D eigenvalue weighted by atomic mass is 9.72. The van der Waals surface area contributed by atoms with Crippen molar-refractivity contribution in [3.05, 3.63) is 12.2 Å². The molecule has 12 heavy (non-hydrogen) atoms. The molecule has 1 rings (SSSR count). The Morgan fingerprint density at radius 3 is 2.50 bits per heavy atom. The molecule has 1 aliphatic carbocycles. The molecule has 1 fully saturated rings. The predicted molar refractivity (Wildman–Crippen MR) is 50.9 cm³/mol. The zero-order valence-electron chi connectivity index (χ0n) is 8.26. The quantitative estimate of drug-likeness (QED) is 0.547. The smallest absolute Gasteiger partial charge is 0.139 e. The van der Waals surface area contributed by atoms with E-state index in [9.17, 15) is 4.79 Å². The topological polar surface area (TPSA) is 17.1 Å². The largest absolute Gasteiger partial charge is 0.299 e. The number of carbonyl (C=O) groups excluding carboxylic acids is 1. The molecule has 1 heteroatoms. The number of carbonyl (C=O) groups is 1. The van der Waals surface area contributed by atoms with Crippen LogP contribution in [0.2, 0.25) is 0 Å². The lowest BCUT2D eigenvalue weighted by Crippen LogP contribution is -2.32. The third-order valence-electron chi connectivity index (χ3n) is 3.08. The van der Waals surface area contributed by atoms with Gasteiger partial charge in [0.1, 0.15) is 5.78 Å². The summed E-state index contributed by atoms with van der Waals surface area (Å²) in [7, 11) is 0. The molecular formula is C11H18O. The van der Waals surface area contributed by atoms with Crippen molar-refractivity contribution in [2.75, 3.05) is 0 Å². The van der Waals surface area contributed by atoms with E-state index in [1.165, 1.54) is 5.57 Å².